The van der Waals surface area contributed by atoms with Gasteiger partial charge in [0.25, 0.3) is 5.91 Å². The molecule has 1 N–H and O–H groups in total. The van der Waals surface area contributed by atoms with E-state index in [1.165, 1.54) is 28.2 Å². The summed E-state index contributed by atoms with van der Waals surface area (Å²) in [4.78, 5) is 18.1. The van der Waals surface area contributed by atoms with Gasteiger partial charge in [-0.15, -0.1) is 11.3 Å². The van der Waals surface area contributed by atoms with Crippen LogP contribution >= 0.6 is 11.3 Å². The van der Waals surface area contributed by atoms with Crippen molar-refractivity contribution in [1.29, 1.82) is 0 Å². The summed E-state index contributed by atoms with van der Waals surface area (Å²) in [6.45, 7) is 5.06. The first-order valence-electron chi connectivity index (χ1n) is 11.0. The number of likely N-dealkylation sites (tertiary alicyclic amines) is 1. The summed E-state index contributed by atoms with van der Waals surface area (Å²) in [6.07, 6.45) is 2.08. The average molecular weight is 434 g/mol. The lowest BCUT2D eigenvalue weighted by atomic mass is 10.1. The van der Waals surface area contributed by atoms with Gasteiger partial charge in [-0.1, -0.05) is 43.3 Å². The lowest BCUT2D eigenvalue weighted by molar-refractivity contribution is 0.0942. The van der Waals surface area contributed by atoms with Gasteiger partial charge in [0.05, 0.1) is 4.88 Å². The zero-order valence-electron chi connectivity index (χ0n) is 18.6. The Morgan fingerprint density at radius 3 is 2.45 bits per heavy atom. The number of hydrogen-bond donors (Lipinski definition) is 1. The number of nitrogens with one attached hydrogen (secondary N) is 1. The topological polar surface area (TPSA) is 35.6 Å². The van der Waals surface area contributed by atoms with Crippen molar-refractivity contribution in [3.8, 4) is 11.1 Å². The van der Waals surface area contributed by atoms with E-state index >= 15 is 0 Å². The molecule has 0 saturated carbocycles. The Balaban J connectivity index is 1.31. The molecule has 1 atom stereocenters. The SMILES string of the molecule is CCc1ccc(CN2CCC(NC(=O)c3cc(-c4ccc(N(C)C)cc4)cs3)C2)cc1. The van der Waals surface area contributed by atoms with Gasteiger partial charge in [-0.3, -0.25) is 9.69 Å². The van der Waals surface area contributed by atoms with Crippen LogP contribution in [0, 0.1) is 0 Å². The second-order valence-electron chi connectivity index (χ2n) is 8.51. The van der Waals surface area contributed by atoms with Crippen molar-refractivity contribution in [3.05, 3.63) is 76.0 Å². The number of hydrogen-bond acceptors (Lipinski definition) is 4. The Bertz CT molecular complexity index is 1010. The van der Waals surface area contributed by atoms with Crippen molar-refractivity contribution in [1.82, 2.24) is 10.2 Å². The fourth-order valence-corrected chi connectivity index (χ4v) is 4.87. The van der Waals surface area contributed by atoms with Crippen LogP contribution in [0.25, 0.3) is 11.1 Å². The molecule has 0 radical (unpaired) electrons. The first-order chi connectivity index (χ1) is 15.0. The van der Waals surface area contributed by atoms with Crippen LogP contribution in [0.3, 0.4) is 0 Å². The summed E-state index contributed by atoms with van der Waals surface area (Å²) in [5, 5.41) is 5.31. The lowest BCUT2D eigenvalue weighted by Gasteiger charge is -2.17. The van der Waals surface area contributed by atoms with Gasteiger partial charge < -0.3 is 10.2 Å². The number of benzene rings is 2. The first-order valence-corrected chi connectivity index (χ1v) is 11.9. The van der Waals surface area contributed by atoms with Crippen molar-refractivity contribution in [3.63, 3.8) is 0 Å². The molecular weight excluding hydrogens is 402 g/mol. The molecule has 2 aromatic carbocycles. The molecule has 2 heterocycles. The minimum atomic E-state index is 0.0420. The third-order valence-corrected chi connectivity index (χ3v) is 6.91. The Morgan fingerprint density at radius 2 is 1.77 bits per heavy atom. The molecule has 162 valence electrons. The smallest absolute Gasteiger partial charge is 0.261 e. The van der Waals surface area contributed by atoms with Crippen LogP contribution in [0.15, 0.2) is 60.0 Å². The van der Waals surface area contributed by atoms with Crippen LogP contribution in [-0.2, 0) is 13.0 Å². The number of thiophene rings is 1. The second-order valence-corrected chi connectivity index (χ2v) is 9.42. The number of rotatable bonds is 7. The Hall–Kier alpha value is -2.63. The van der Waals surface area contributed by atoms with Crippen molar-refractivity contribution in [2.24, 2.45) is 0 Å². The Kier molecular flexibility index (Phi) is 6.73. The van der Waals surface area contributed by atoms with Crippen molar-refractivity contribution in [2.45, 2.75) is 32.4 Å². The molecule has 4 rings (SSSR count). The molecule has 4 nitrogen and oxygen atoms in total. The monoisotopic (exact) mass is 433 g/mol. The number of amides is 1. The predicted molar refractivity (Wildman–Crippen MR) is 131 cm³/mol. The van der Waals surface area contributed by atoms with E-state index in [1.807, 2.05) is 20.2 Å². The normalized spacial score (nSPS) is 16.4. The summed E-state index contributed by atoms with van der Waals surface area (Å²) in [5.41, 5.74) is 6.13. The van der Waals surface area contributed by atoms with E-state index < -0.39 is 0 Å². The number of carbonyl (C=O) groups is 1. The molecule has 1 unspecified atom stereocenters. The van der Waals surface area contributed by atoms with E-state index in [1.54, 1.807) is 0 Å². The zero-order chi connectivity index (χ0) is 21.8. The highest BCUT2D eigenvalue weighted by Gasteiger charge is 2.24. The van der Waals surface area contributed by atoms with Crippen LogP contribution < -0.4 is 10.2 Å². The highest BCUT2D eigenvalue weighted by Crippen LogP contribution is 2.27. The fourth-order valence-electron chi connectivity index (χ4n) is 4.05. The number of aryl methyl sites for hydroxylation is 1. The molecule has 31 heavy (non-hydrogen) atoms. The minimum absolute atomic E-state index is 0.0420. The van der Waals surface area contributed by atoms with Crippen LogP contribution in [0.4, 0.5) is 5.69 Å². The van der Waals surface area contributed by atoms with E-state index in [-0.39, 0.29) is 11.9 Å². The van der Waals surface area contributed by atoms with E-state index in [9.17, 15) is 4.79 Å². The third-order valence-electron chi connectivity index (χ3n) is 5.99. The van der Waals surface area contributed by atoms with Crippen LogP contribution in [0.1, 0.15) is 34.1 Å². The third kappa shape index (κ3) is 5.35. The maximum Gasteiger partial charge on any atom is 0.261 e. The van der Waals surface area contributed by atoms with Crippen LogP contribution in [-0.4, -0.2) is 44.0 Å². The second kappa shape index (κ2) is 9.67. The molecule has 0 bridgehead atoms. The van der Waals surface area contributed by atoms with Crippen LogP contribution in [0.2, 0.25) is 0 Å². The highest BCUT2D eigenvalue weighted by atomic mass is 32.1. The standard InChI is InChI=1S/C26H31N3OS/c1-4-19-5-7-20(8-6-19)16-29-14-13-23(17-29)27-26(30)25-15-22(18-31-25)21-9-11-24(12-10-21)28(2)3/h5-12,15,18,23H,4,13-14,16-17H2,1-3H3,(H,27,30). The van der Waals surface area contributed by atoms with Gasteiger partial charge >= 0.3 is 0 Å². The molecule has 3 aromatic rings. The maximum atomic E-state index is 12.8. The van der Waals surface area contributed by atoms with E-state index in [2.05, 4.69) is 76.0 Å². The Morgan fingerprint density at radius 1 is 1.06 bits per heavy atom. The van der Waals surface area contributed by atoms with E-state index in [0.717, 1.165) is 48.5 Å². The molecular formula is C26H31N3OS. The Labute approximate surface area is 189 Å². The number of anilines is 1. The van der Waals surface area contributed by atoms with Crippen molar-refractivity contribution >= 4 is 22.9 Å². The van der Waals surface area contributed by atoms with Crippen molar-refractivity contribution in [2.75, 3.05) is 32.1 Å². The molecule has 0 spiro atoms. The summed E-state index contributed by atoms with van der Waals surface area (Å²) in [6, 6.07) is 19.5. The van der Waals surface area contributed by atoms with Gasteiger partial charge in [-0.2, -0.15) is 0 Å². The zero-order valence-corrected chi connectivity index (χ0v) is 19.4. The summed E-state index contributed by atoms with van der Waals surface area (Å²) < 4.78 is 0. The maximum absolute atomic E-state index is 12.8. The van der Waals surface area contributed by atoms with Gasteiger partial charge in [0.2, 0.25) is 0 Å². The molecule has 1 amide bonds. The summed E-state index contributed by atoms with van der Waals surface area (Å²) in [7, 11) is 4.07. The highest BCUT2D eigenvalue weighted by molar-refractivity contribution is 7.12. The molecule has 1 aromatic heterocycles. The van der Waals surface area contributed by atoms with E-state index in [0.29, 0.717) is 0 Å². The quantitative estimate of drug-likeness (QED) is 0.566. The van der Waals surface area contributed by atoms with Gasteiger partial charge in [0.1, 0.15) is 0 Å². The number of nitrogens with zero attached hydrogens (tertiary/aromatic N) is 2. The largest absolute Gasteiger partial charge is 0.378 e. The van der Waals surface area contributed by atoms with Gasteiger partial charge in [0.15, 0.2) is 0 Å². The van der Waals surface area contributed by atoms with Gasteiger partial charge in [-0.25, -0.2) is 0 Å². The van der Waals surface area contributed by atoms with E-state index in [4.69, 9.17) is 0 Å². The first kappa shape index (κ1) is 21.6. The lowest BCUT2D eigenvalue weighted by Crippen LogP contribution is -2.36. The molecule has 1 aliphatic rings. The molecule has 1 fully saturated rings. The fraction of sp³-hybridized carbons (Fsp3) is 0.346. The number of carbonyl (C=O) groups excluding carboxylic acids is 1. The van der Waals surface area contributed by atoms with Gasteiger partial charge in [-0.05, 0) is 58.7 Å². The average Bonchev–Trinajstić information content (AvgIpc) is 3.44. The molecule has 1 aliphatic heterocycles. The molecule has 0 aliphatic carbocycles. The van der Waals surface area contributed by atoms with Crippen LogP contribution in [0.5, 0.6) is 0 Å². The molecule has 5 heteroatoms. The minimum Gasteiger partial charge on any atom is -0.378 e. The van der Waals surface area contributed by atoms with Crippen molar-refractivity contribution < 1.29 is 4.79 Å². The summed E-state index contributed by atoms with van der Waals surface area (Å²) >= 11 is 1.52. The summed E-state index contributed by atoms with van der Waals surface area (Å²) in [5.74, 6) is 0.0420. The predicted octanol–water partition coefficient (Wildman–Crippen LogP) is 5.05. The van der Waals surface area contributed by atoms with Gasteiger partial charge in [0, 0.05) is 45.5 Å². The molecule has 1 saturated heterocycles.